The molecule has 0 aliphatic carbocycles. The molecular formula is C17H26N6O. The van der Waals surface area contributed by atoms with Gasteiger partial charge in [0, 0.05) is 51.2 Å². The third-order valence-corrected chi connectivity index (χ3v) is 4.72. The van der Waals surface area contributed by atoms with E-state index < -0.39 is 0 Å². The highest BCUT2D eigenvalue weighted by atomic mass is 16.5. The van der Waals surface area contributed by atoms with Crippen molar-refractivity contribution in [1.82, 2.24) is 24.6 Å². The lowest BCUT2D eigenvalue weighted by Gasteiger charge is -2.37. The summed E-state index contributed by atoms with van der Waals surface area (Å²) in [6.45, 7) is 5.08. The smallest absolute Gasteiger partial charge is 0.228 e. The molecule has 0 bridgehead atoms. The Morgan fingerprint density at radius 1 is 1.42 bits per heavy atom. The highest BCUT2D eigenvalue weighted by Gasteiger charge is 2.25. The number of methoxy groups -OCH3 is 1. The third kappa shape index (κ3) is 3.67. The number of aryl methyl sites for hydroxylation is 2. The number of likely N-dealkylation sites (N-methyl/N-ethyl adjacent to an activating group) is 1. The van der Waals surface area contributed by atoms with Crippen molar-refractivity contribution in [3.8, 4) is 5.88 Å². The lowest BCUT2D eigenvalue weighted by molar-refractivity contribution is 0.195. The van der Waals surface area contributed by atoms with Gasteiger partial charge in [0.1, 0.15) is 0 Å². The molecule has 0 aromatic carbocycles. The summed E-state index contributed by atoms with van der Waals surface area (Å²) in [5, 5.41) is 4.58. The zero-order chi connectivity index (χ0) is 17.1. The minimum atomic E-state index is 0.399. The van der Waals surface area contributed by atoms with Gasteiger partial charge in [0.05, 0.1) is 12.8 Å². The highest BCUT2D eigenvalue weighted by molar-refractivity contribution is 5.32. The summed E-state index contributed by atoms with van der Waals surface area (Å²) in [4.78, 5) is 13.5. The van der Waals surface area contributed by atoms with Gasteiger partial charge in [-0.2, -0.15) is 10.1 Å². The first kappa shape index (κ1) is 16.7. The predicted octanol–water partition coefficient (Wildman–Crippen LogP) is 1.63. The first-order valence-electron chi connectivity index (χ1n) is 8.38. The number of hydrogen-bond acceptors (Lipinski definition) is 6. The molecule has 1 unspecified atom stereocenters. The zero-order valence-corrected chi connectivity index (χ0v) is 14.9. The number of piperidine rings is 1. The van der Waals surface area contributed by atoms with Crippen LogP contribution >= 0.6 is 0 Å². The molecule has 0 radical (unpaired) electrons. The first-order valence-corrected chi connectivity index (χ1v) is 8.38. The molecule has 1 aliphatic heterocycles. The molecule has 0 saturated carbocycles. The lowest BCUT2D eigenvalue weighted by atomic mass is 10.0. The van der Waals surface area contributed by atoms with Crippen molar-refractivity contribution in [3.63, 3.8) is 0 Å². The Morgan fingerprint density at radius 3 is 2.96 bits per heavy atom. The minimum Gasteiger partial charge on any atom is -0.481 e. The van der Waals surface area contributed by atoms with Crippen LogP contribution in [0, 0.1) is 6.92 Å². The van der Waals surface area contributed by atoms with Crippen molar-refractivity contribution in [1.29, 1.82) is 0 Å². The van der Waals surface area contributed by atoms with E-state index in [4.69, 9.17) is 4.74 Å². The van der Waals surface area contributed by atoms with E-state index in [1.165, 1.54) is 12.1 Å². The highest BCUT2D eigenvalue weighted by Crippen LogP contribution is 2.21. The molecular weight excluding hydrogens is 304 g/mol. The van der Waals surface area contributed by atoms with Gasteiger partial charge in [-0.1, -0.05) is 0 Å². The number of nitrogens with zero attached hydrogens (tertiary/aromatic N) is 6. The quantitative estimate of drug-likeness (QED) is 0.830. The van der Waals surface area contributed by atoms with Crippen molar-refractivity contribution in [3.05, 3.63) is 29.7 Å². The van der Waals surface area contributed by atoms with Crippen LogP contribution < -0.4 is 9.64 Å². The summed E-state index contributed by atoms with van der Waals surface area (Å²) in [6.07, 6.45) is 4.06. The standard InChI is InChI=1S/C17H26N6O/c1-13-10-14(20-22(13)3)11-23-9-5-6-15(12-23)21(2)17-18-8-7-16(19-17)24-4/h7-8,10,15H,5-6,9,11-12H2,1-4H3. The van der Waals surface area contributed by atoms with Gasteiger partial charge in [0.2, 0.25) is 11.8 Å². The van der Waals surface area contributed by atoms with Gasteiger partial charge in [-0.25, -0.2) is 4.98 Å². The van der Waals surface area contributed by atoms with Crippen LogP contribution in [0.5, 0.6) is 5.88 Å². The second-order valence-electron chi connectivity index (χ2n) is 6.44. The van der Waals surface area contributed by atoms with Crippen molar-refractivity contribution >= 4 is 5.95 Å². The van der Waals surface area contributed by atoms with E-state index in [9.17, 15) is 0 Å². The average Bonchev–Trinajstić information content (AvgIpc) is 2.92. The fourth-order valence-corrected chi connectivity index (χ4v) is 3.21. The van der Waals surface area contributed by atoms with Crippen LogP contribution in [0.2, 0.25) is 0 Å². The Morgan fingerprint density at radius 2 is 2.25 bits per heavy atom. The van der Waals surface area contributed by atoms with Crippen LogP contribution in [0.3, 0.4) is 0 Å². The van der Waals surface area contributed by atoms with Gasteiger partial charge >= 0.3 is 0 Å². The molecule has 0 N–H and O–H groups in total. The molecule has 0 amide bonds. The molecule has 1 saturated heterocycles. The minimum absolute atomic E-state index is 0.399. The molecule has 7 nitrogen and oxygen atoms in total. The Labute approximate surface area is 143 Å². The Hall–Kier alpha value is -2.15. The number of rotatable bonds is 5. The van der Waals surface area contributed by atoms with Gasteiger partial charge in [0.15, 0.2) is 0 Å². The second-order valence-corrected chi connectivity index (χ2v) is 6.44. The summed E-state index contributed by atoms with van der Waals surface area (Å²) < 4.78 is 7.14. The summed E-state index contributed by atoms with van der Waals surface area (Å²) in [5.74, 6) is 1.32. The van der Waals surface area contributed by atoms with E-state index in [1.54, 1.807) is 19.4 Å². The Kier molecular flexibility index (Phi) is 4.99. The van der Waals surface area contributed by atoms with E-state index in [0.29, 0.717) is 11.9 Å². The molecule has 2 aromatic heterocycles. The van der Waals surface area contributed by atoms with Crippen molar-refractivity contribution < 1.29 is 4.74 Å². The Balaban J connectivity index is 1.65. The van der Waals surface area contributed by atoms with Crippen molar-refractivity contribution in [2.45, 2.75) is 32.4 Å². The molecule has 3 rings (SSSR count). The van der Waals surface area contributed by atoms with E-state index >= 15 is 0 Å². The van der Waals surface area contributed by atoms with Crippen LogP contribution in [0.1, 0.15) is 24.2 Å². The van der Waals surface area contributed by atoms with Crippen LogP contribution in [0.25, 0.3) is 0 Å². The van der Waals surface area contributed by atoms with Gasteiger partial charge < -0.3 is 9.64 Å². The van der Waals surface area contributed by atoms with Gasteiger partial charge in [-0.05, 0) is 32.4 Å². The van der Waals surface area contributed by atoms with Gasteiger partial charge in [-0.3, -0.25) is 9.58 Å². The summed E-state index contributed by atoms with van der Waals surface area (Å²) in [5.41, 5.74) is 2.33. The molecule has 24 heavy (non-hydrogen) atoms. The normalized spacial score (nSPS) is 18.6. The maximum Gasteiger partial charge on any atom is 0.228 e. The van der Waals surface area contributed by atoms with Crippen LogP contribution in [0.15, 0.2) is 18.3 Å². The van der Waals surface area contributed by atoms with E-state index in [1.807, 2.05) is 11.7 Å². The first-order chi connectivity index (χ1) is 11.6. The summed E-state index contributed by atoms with van der Waals surface area (Å²) in [7, 11) is 5.68. The maximum atomic E-state index is 5.21. The summed E-state index contributed by atoms with van der Waals surface area (Å²) in [6, 6.07) is 4.34. The maximum absolute atomic E-state index is 5.21. The van der Waals surface area contributed by atoms with Crippen LogP contribution in [-0.4, -0.2) is 57.9 Å². The van der Waals surface area contributed by atoms with Crippen molar-refractivity contribution in [2.24, 2.45) is 7.05 Å². The fraction of sp³-hybridized carbons (Fsp3) is 0.588. The van der Waals surface area contributed by atoms with Gasteiger partial charge in [-0.15, -0.1) is 0 Å². The molecule has 0 spiro atoms. The second kappa shape index (κ2) is 7.17. The summed E-state index contributed by atoms with van der Waals surface area (Å²) >= 11 is 0. The molecule has 130 valence electrons. The Bertz CT molecular complexity index is 666. The third-order valence-electron chi connectivity index (χ3n) is 4.72. The molecule has 3 heterocycles. The number of likely N-dealkylation sites (tertiary alicyclic amines) is 1. The molecule has 1 aliphatic rings. The molecule has 7 heteroatoms. The van der Waals surface area contributed by atoms with Crippen molar-refractivity contribution in [2.75, 3.05) is 32.1 Å². The number of hydrogen-bond donors (Lipinski definition) is 0. The molecule has 2 aromatic rings. The lowest BCUT2D eigenvalue weighted by Crippen LogP contribution is -2.46. The topological polar surface area (TPSA) is 59.3 Å². The molecule has 1 fully saturated rings. The van der Waals surface area contributed by atoms with Crippen LogP contribution in [0.4, 0.5) is 5.95 Å². The molecule has 1 atom stereocenters. The van der Waals surface area contributed by atoms with E-state index in [2.05, 4.69) is 44.9 Å². The van der Waals surface area contributed by atoms with Gasteiger partial charge in [0.25, 0.3) is 0 Å². The largest absolute Gasteiger partial charge is 0.481 e. The fourth-order valence-electron chi connectivity index (χ4n) is 3.21. The number of ether oxygens (including phenoxy) is 1. The number of aromatic nitrogens is 4. The van der Waals surface area contributed by atoms with Crippen LogP contribution in [-0.2, 0) is 13.6 Å². The van der Waals surface area contributed by atoms with E-state index in [-0.39, 0.29) is 0 Å². The van der Waals surface area contributed by atoms with E-state index in [0.717, 1.165) is 37.7 Å². The number of anilines is 1. The predicted molar refractivity (Wildman–Crippen MR) is 93.2 cm³/mol. The SMILES string of the molecule is COc1ccnc(N(C)C2CCCN(Cc3cc(C)n(C)n3)C2)n1. The monoisotopic (exact) mass is 330 g/mol. The zero-order valence-electron chi connectivity index (χ0n) is 14.9. The average molecular weight is 330 g/mol.